The third kappa shape index (κ3) is 9.85. The minimum Gasteiger partial charge on any atom is -0.330 e. The molecule has 76 valence electrons. The monoisotopic (exact) mass is 178 g/mol. The van der Waals surface area contributed by atoms with Gasteiger partial charge in [-0.25, -0.2) is 0 Å². The molecule has 0 radical (unpaired) electrons. The van der Waals surface area contributed by atoms with Gasteiger partial charge >= 0.3 is 0 Å². The van der Waals surface area contributed by atoms with E-state index in [2.05, 4.69) is 19.2 Å². The maximum Gasteiger partial charge on any atom is 0.0785 e. The quantitative estimate of drug-likeness (QED) is 0.649. The van der Waals surface area contributed by atoms with Crippen molar-refractivity contribution in [3.63, 3.8) is 0 Å². The maximum atomic E-state index is 9.50. The highest BCUT2D eigenvalue weighted by Gasteiger charge is 2.01. The highest BCUT2D eigenvalue weighted by molar-refractivity contribution is 4.63. The van der Waals surface area contributed by atoms with Crippen molar-refractivity contribution in [2.45, 2.75) is 39.2 Å². The summed E-state index contributed by atoms with van der Waals surface area (Å²) in [6.45, 7) is 6.30. The molecule has 0 rings (SSSR count). The minimum absolute atomic E-state index is 0.500. The molecule has 0 heterocycles. The van der Waals surface area contributed by atoms with Crippen LogP contribution in [-0.2, 0) is 0 Å². The Morgan fingerprint density at radius 2 is 1.92 bits per heavy atom. The number of alkyl halides is 1. The van der Waals surface area contributed by atoms with Crippen LogP contribution < -0.4 is 11.1 Å². The fraction of sp³-hybridized carbons (Fsp3) is 1.00. The summed E-state index contributed by atoms with van der Waals surface area (Å²) in [6.07, 6.45) is 3.51. The normalized spacial score (nSPS) is 11.8. The SMILES string of the molecule is CCCNC(CC)CCN.CF. The van der Waals surface area contributed by atoms with E-state index in [0.29, 0.717) is 13.2 Å². The highest BCUT2D eigenvalue weighted by atomic mass is 19.1. The van der Waals surface area contributed by atoms with E-state index in [0.717, 1.165) is 19.5 Å². The Hall–Kier alpha value is -0.150. The average molecular weight is 178 g/mol. The zero-order valence-corrected chi connectivity index (χ0v) is 8.57. The lowest BCUT2D eigenvalue weighted by Gasteiger charge is -2.14. The number of hydrogen-bond acceptors (Lipinski definition) is 2. The van der Waals surface area contributed by atoms with Gasteiger partial charge in [0.2, 0.25) is 0 Å². The van der Waals surface area contributed by atoms with Crippen LogP contribution in [0.25, 0.3) is 0 Å². The van der Waals surface area contributed by atoms with Crippen LogP contribution in [0.3, 0.4) is 0 Å². The molecule has 12 heavy (non-hydrogen) atoms. The number of rotatable bonds is 6. The lowest BCUT2D eigenvalue weighted by atomic mass is 10.1. The first-order valence-corrected chi connectivity index (χ1v) is 4.66. The number of halogens is 1. The molecule has 0 aromatic rings. The van der Waals surface area contributed by atoms with E-state index in [9.17, 15) is 4.39 Å². The predicted octanol–water partition coefficient (Wildman–Crippen LogP) is 1.70. The van der Waals surface area contributed by atoms with Gasteiger partial charge in [0.05, 0.1) is 7.18 Å². The Morgan fingerprint density at radius 3 is 2.25 bits per heavy atom. The number of nitrogens with one attached hydrogen (secondary N) is 1. The summed E-state index contributed by atoms with van der Waals surface area (Å²) >= 11 is 0. The minimum atomic E-state index is 0.500. The second kappa shape index (κ2) is 13.4. The van der Waals surface area contributed by atoms with E-state index in [4.69, 9.17) is 5.73 Å². The number of hydrogen-bond donors (Lipinski definition) is 2. The Kier molecular flexibility index (Phi) is 16.1. The first kappa shape index (κ1) is 14.4. The zero-order chi connectivity index (χ0) is 9.82. The molecule has 0 amide bonds. The average Bonchev–Trinajstić information content (AvgIpc) is 2.15. The smallest absolute Gasteiger partial charge is 0.0785 e. The third-order valence-electron chi connectivity index (χ3n) is 1.69. The van der Waals surface area contributed by atoms with Crippen molar-refractivity contribution in [2.24, 2.45) is 5.73 Å². The van der Waals surface area contributed by atoms with E-state index < -0.39 is 0 Å². The van der Waals surface area contributed by atoms with Gasteiger partial charge in [0, 0.05) is 6.04 Å². The first-order valence-electron chi connectivity index (χ1n) is 4.66. The first-order chi connectivity index (χ1) is 5.85. The van der Waals surface area contributed by atoms with Crippen molar-refractivity contribution < 1.29 is 4.39 Å². The van der Waals surface area contributed by atoms with Gasteiger partial charge in [0.1, 0.15) is 0 Å². The van der Waals surface area contributed by atoms with Gasteiger partial charge in [-0.1, -0.05) is 13.8 Å². The lowest BCUT2D eigenvalue weighted by molar-refractivity contribution is 0.473. The van der Waals surface area contributed by atoms with Crippen LogP contribution in [0.2, 0.25) is 0 Å². The molecular weight excluding hydrogens is 155 g/mol. The van der Waals surface area contributed by atoms with Crippen LogP contribution in [0.4, 0.5) is 4.39 Å². The van der Waals surface area contributed by atoms with E-state index in [1.54, 1.807) is 0 Å². The molecule has 3 N–H and O–H groups in total. The summed E-state index contributed by atoms with van der Waals surface area (Å²) in [5, 5.41) is 3.44. The Labute approximate surface area is 75.7 Å². The molecule has 1 unspecified atom stereocenters. The van der Waals surface area contributed by atoms with Crippen molar-refractivity contribution in [3.8, 4) is 0 Å². The molecular formula is C9H23FN2. The molecule has 0 fully saturated rings. The van der Waals surface area contributed by atoms with Crippen molar-refractivity contribution in [2.75, 3.05) is 20.3 Å². The summed E-state index contributed by atoms with van der Waals surface area (Å²) < 4.78 is 9.50. The van der Waals surface area contributed by atoms with Crippen LogP contribution >= 0.6 is 0 Å². The van der Waals surface area contributed by atoms with Crippen LogP contribution in [0.15, 0.2) is 0 Å². The largest absolute Gasteiger partial charge is 0.330 e. The van der Waals surface area contributed by atoms with E-state index in [1.165, 1.54) is 12.8 Å². The molecule has 0 spiro atoms. The molecule has 1 atom stereocenters. The molecule has 0 aliphatic rings. The predicted molar refractivity (Wildman–Crippen MR) is 53.1 cm³/mol. The summed E-state index contributed by atoms with van der Waals surface area (Å²) in [5.41, 5.74) is 5.44. The Bertz CT molecular complexity index is 69.5. The molecule has 0 saturated heterocycles. The Balaban J connectivity index is 0. The van der Waals surface area contributed by atoms with Gasteiger partial charge in [0.15, 0.2) is 0 Å². The van der Waals surface area contributed by atoms with Gasteiger partial charge in [0.25, 0.3) is 0 Å². The van der Waals surface area contributed by atoms with Crippen molar-refractivity contribution >= 4 is 0 Å². The second-order valence-corrected chi connectivity index (χ2v) is 2.64. The van der Waals surface area contributed by atoms with Crippen LogP contribution in [0.5, 0.6) is 0 Å². The summed E-state index contributed by atoms with van der Waals surface area (Å²) in [4.78, 5) is 0. The van der Waals surface area contributed by atoms with Gasteiger partial charge in [-0.2, -0.15) is 0 Å². The molecule has 0 bridgehead atoms. The second-order valence-electron chi connectivity index (χ2n) is 2.64. The van der Waals surface area contributed by atoms with Gasteiger partial charge < -0.3 is 11.1 Å². The van der Waals surface area contributed by atoms with Crippen molar-refractivity contribution in [1.29, 1.82) is 0 Å². The van der Waals surface area contributed by atoms with Crippen LogP contribution in [0, 0.1) is 0 Å². The fourth-order valence-corrected chi connectivity index (χ4v) is 1.00. The summed E-state index contributed by atoms with van der Waals surface area (Å²) in [6, 6.07) is 0.643. The topological polar surface area (TPSA) is 38.0 Å². The van der Waals surface area contributed by atoms with Crippen molar-refractivity contribution in [1.82, 2.24) is 5.32 Å². The van der Waals surface area contributed by atoms with Gasteiger partial charge in [-0.3, -0.25) is 4.39 Å². The van der Waals surface area contributed by atoms with E-state index in [1.807, 2.05) is 0 Å². The molecule has 0 aromatic heterocycles. The van der Waals surface area contributed by atoms with Gasteiger partial charge in [-0.15, -0.1) is 0 Å². The van der Waals surface area contributed by atoms with Crippen LogP contribution in [0.1, 0.15) is 33.1 Å². The molecule has 0 aromatic carbocycles. The molecule has 0 aliphatic carbocycles. The molecule has 2 nitrogen and oxygen atoms in total. The maximum absolute atomic E-state index is 9.50. The number of nitrogens with two attached hydrogens (primary N) is 1. The van der Waals surface area contributed by atoms with Crippen LogP contribution in [-0.4, -0.2) is 26.3 Å². The fourth-order valence-electron chi connectivity index (χ4n) is 1.00. The molecule has 0 saturated carbocycles. The summed E-state index contributed by atoms with van der Waals surface area (Å²) in [7, 11) is 0.500. The standard InChI is InChI=1S/C8H20N2.CH3F/c1-3-7-10-8(4-2)5-6-9;1-2/h8,10H,3-7,9H2,1-2H3;1H3. The molecule has 0 aliphatic heterocycles. The highest BCUT2D eigenvalue weighted by Crippen LogP contribution is 1.94. The zero-order valence-electron chi connectivity index (χ0n) is 8.57. The van der Waals surface area contributed by atoms with Crippen molar-refractivity contribution in [3.05, 3.63) is 0 Å². The summed E-state index contributed by atoms with van der Waals surface area (Å²) in [5.74, 6) is 0. The molecule has 3 heteroatoms. The van der Waals surface area contributed by atoms with Gasteiger partial charge in [-0.05, 0) is 32.4 Å². The van der Waals surface area contributed by atoms with E-state index >= 15 is 0 Å². The van der Waals surface area contributed by atoms with E-state index in [-0.39, 0.29) is 0 Å². The lowest BCUT2D eigenvalue weighted by Crippen LogP contribution is -2.31. The third-order valence-corrected chi connectivity index (χ3v) is 1.69. The Morgan fingerprint density at radius 1 is 1.33 bits per heavy atom.